The minimum Gasteiger partial charge on any atom is -0.497 e. The highest BCUT2D eigenvalue weighted by Crippen LogP contribution is 2.36. The Hall–Kier alpha value is -4.25. The minimum atomic E-state index is -4.28. The molecule has 1 fully saturated rings. The quantitative estimate of drug-likeness (QED) is 0.278. The van der Waals surface area contributed by atoms with Gasteiger partial charge in [-0.15, -0.1) is 0 Å². The van der Waals surface area contributed by atoms with Crippen LogP contribution in [-0.4, -0.2) is 65.1 Å². The molecule has 1 N–H and O–H groups in total. The molecule has 11 heteroatoms. The molecule has 4 rings (SSSR count). The molecule has 1 aliphatic rings. The third kappa shape index (κ3) is 8.27. The molecular formula is C34H43N3O7S. The summed E-state index contributed by atoms with van der Waals surface area (Å²) < 4.78 is 45.8. The summed E-state index contributed by atoms with van der Waals surface area (Å²) in [4.78, 5) is 29.3. The van der Waals surface area contributed by atoms with Crippen molar-refractivity contribution in [3.05, 3.63) is 77.9 Å². The zero-order chi connectivity index (χ0) is 32.6. The predicted octanol–water partition coefficient (Wildman–Crippen LogP) is 5.08. The van der Waals surface area contributed by atoms with Gasteiger partial charge in [-0.25, -0.2) is 8.42 Å². The predicted molar refractivity (Wildman–Crippen MR) is 173 cm³/mol. The highest BCUT2D eigenvalue weighted by molar-refractivity contribution is 7.92. The highest BCUT2D eigenvalue weighted by Gasteiger charge is 2.34. The van der Waals surface area contributed by atoms with Crippen molar-refractivity contribution in [3.63, 3.8) is 0 Å². The Kier molecular flexibility index (Phi) is 11.3. The van der Waals surface area contributed by atoms with Crippen LogP contribution in [0, 0.1) is 6.92 Å². The number of hydrogen-bond donors (Lipinski definition) is 1. The van der Waals surface area contributed by atoms with Crippen LogP contribution in [0.5, 0.6) is 17.2 Å². The summed E-state index contributed by atoms with van der Waals surface area (Å²) in [5, 5.41) is 3.12. The maximum absolute atomic E-state index is 14.3. The molecule has 3 aromatic rings. The Morgan fingerprint density at radius 3 is 2.20 bits per heavy atom. The lowest BCUT2D eigenvalue weighted by Crippen LogP contribution is -2.53. The van der Waals surface area contributed by atoms with Gasteiger partial charge < -0.3 is 24.4 Å². The van der Waals surface area contributed by atoms with E-state index in [-0.39, 0.29) is 34.8 Å². The van der Waals surface area contributed by atoms with Crippen LogP contribution in [0.15, 0.2) is 71.6 Å². The molecule has 0 unspecified atom stereocenters. The molecule has 0 spiro atoms. The van der Waals surface area contributed by atoms with Gasteiger partial charge in [0.2, 0.25) is 11.8 Å². The molecule has 0 aromatic heterocycles. The number of nitrogens with one attached hydrogen (secondary N) is 1. The summed E-state index contributed by atoms with van der Waals surface area (Å²) in [5.74, 6) is 0.371. The number of hydrogen-bond acceptors (Lipinski definition) is 7. The van der Waals surface area contributed by atoms with Gasteiger partial charge >= 0.3 is 0 Å². The zero-order valence-electron chi connectivity index (χ0n) is 26.6. The van der Waals surface area contributed by atoms with Crippen molar-refractivity contribution in [2.75, 3.05) is 32.2 Å². The minimum absolute atomic E-state index is 0.00760. The van der Waals surface area contributed by atoms with Crippen LogP contribution >= 0.6 is 0 Å². The summed E-state index contributed by atoms with van der Waals surface area (Å²) in [5.41, 5.74) is 1.75. The van der Waals surface area contributed by atoms with Crippen LogP contribution < -0.4 is 23.8 Å². The standard InChI is InChI=1S/C34H43N3O7S/c1-24-14-17-30(18-15-24)45(40,41)37(31-21-29(43-4)16-19-32(31)44-5)23-33(38)36(22-26-10-9-13-28(20-26)42-3)25(2)34(39)35-27-11-7-6-8-12-27/h9-10,13-21,25,27H,6-8,11-12,22-23H2,1-5H3,(H,35,39)/t25-/m1/s1. The average Bonchev–Trinajstić information content (AvgIpc) is 3.06. The lowest BCUT2D eigenvalue weighted by Gasteiger charge is -2.33. The third-order valence-electron chi connectivity index (χ3n) is 8.15. The highest BCUT2D eigenvalue weighted by atomic mass is 32.2. The fourth-order valence-corrected chi connectivity index (χ4v) is 6.88. The molecule has 1 saturated carbocycles. The number of amides is 2. The fourth-order valence-electron chi connectivity index (χ4n) is 5.46. The SMILES string of the molecule is COc1cccc(CN(C(=O)CN(c2cc(OC)ccc2OC)S(=O)(=O)c2ccc(C)cc2)[C@H](C)C(=O)NC2CCCCC2)c1. The van der Waals surface area contributed by atoms with Crippen molar-refractivity contribution in [3.8, 4) is 17.2 Å². The van der Waals surface area contributed by atoms with E-state index in [0.29, 0.717) is 11.5 Å². The third-order valence-corrected chi connectivity index (χ3v) is 9.92. The lowest BCUT2D eigenvalue weighted by atomic mass is 9.95. The van der Waals surface area contributed by atoms with E-state index in [1.54, 1.807) is 56.5 Å². The first-order valence-electron chi connectivity index (χ1n) is 15.1. The van der Waals surface area contributed by atoms with E-state index in [2.05, 4.69) is 5.32 Å². The number of methoxy groups -OCH3 is 3. The number of sulfonamides is 1. The number of rotatable bonds is 13. The van der Waals surface area contributed by atoms with Gasteiger partial charge in [0.15, 0.2) is 0 Å². The van der Waals surface area contributed by atoms with E-state index >= 15 is 0 Å². The number of aryl methyl sites for hydroxylation is 1. The van der Waals surface area contributed by atoms with Gasteiger partial charge in [-0.2, -0.15) is 0 Å². The molecule has 2 amide bonds. The van der Waals surface area contributed by atoms with E-state index in [0.717, 1.165) is 47.5 Å². The molecule has 0 bridgehead atoms. The van der Waals surface area contributed by atoms with Crippen LogP contribution in [0.2, 0.25) is 0 Å². The van der Waals surface area contributed by atoms with Gasteiger partial charge in [-0.05, 0) is 68.7 Å². The first kappa shape index (κ1) is 33.6. The van der Waals surface area contributed by atoms with Crippen molar-refractivity contribution >= 4 is 27.5 Å². The van der Waals surface area contributed by atoms with Crippen LogP contribution in [-0.2, 0) is 26.2 Å². The number of benzene rings is 3. The Morgan fingerprint density at radius 1 is 0.889 bits per heavy atom. The second-order valence-electron chi connectivity index (χ2n) is 11.3. The smallest absolute Gasteiger partial charge is 0.264 e. The summed E-state index contributed by atoms with van der Waals surface area (Å²) in [6.07, 6.45) is 5.00. The van der Waals surface area contributed by atoms with Crippen molar-refractivity contribution in [1.82, 2.24) is 10.2 Å². The average molecular weight is 638 g/mol. The first-order valence-corrected chi connectivity index (χ1v) is 16.6. The van der Waals surface area contributed by atoms with Gasteiger partial charge in [0.1, 0.15) is 29.8 Å². The molecule has 0 heterocycles. The maximum Gasteiger partial charge on any atom is 0.264 e. The van der Waals surface area contributed by atoms with Crippen LogP contribution in [0.4, 0.5) is 5.69 Å². The molecule has 242 valence electrons. The van der Waals surface area contributed by atoms with Crippen molar-refractivity contribution in [2.24, 2.45) is 0 Å². The van der Waals surface area contributed by atoms with Crippen molar-refractivity contribution < 1.29 is 32.2 Å². The Bertz CT molecular complexity index is 1570. The summed E-state index contributed by atoms with van der Waals surface area (Å²) >= 11 is 0. The topological polar surface area (TPSA) is 114 Å². The van der Waals surface area contributed by atoms with Gasteiger partial charge in [0.05, 0.1) is 31.9 Å². The van der Waals surface area contributed by atoms with Gasteiger partial charge in [0.25, 0.3) is 10.0 Å². The van der Waals surface area contributed by atoms with Crippen molar-refractivity contribution in [2.45, 2.75) is 69.5 Å². The van der Waals surface area contributed by atoms with Gasteiger partial charge in [-0.3, -0.25) is 13.9 Å². The van der Waals surface area contributed by atoms with E-state index in [9.17, 15) is 18.0 Å². The monoisotopic (exact) mass is 637 g/mol. The Morgan fingerprint density at radius 2 is 1.56 bits per heavy atom. The lowest BCUT2D eigenvalue weighted by molar-refractivity contribution is -0.139. The molecule has 1 atom stereocenters. The molecule has 1 aliphatic carbocycles. The second-order valence-corrected chi connectivity index (χ2v) is 13.1. The van der Waals surface area contributed by atoms with E-state index in [1.165, 1.54) is 37.3 Å². The summed E-state index contributed by atoms with van der Waals surface area (Å²) in [6, 6.07) is 17.5. The normalized spacial score (nSPS) is 14.2. The van der Waals surface area contributed by atoms with Crippen molar-refractivity contribution in [1.29, 1.82) is 0 Å². The van der Waals surface area contributed by atoms with E-state index < -0.39 is 28.5 Å². The first-order chi connectivity index (χ1) is 21.6. The fraction of sp³-hybridized carbons (Fsp3) is 0.412. The molecule has 0 aliphatic heterocycles. The second kappa shape index (κ2) is 15.2. The van der Waals surface area contributed by atoms with E-state index in [1.807, 2.05) is 13.0 Å². The molecule has 45 heavy (non-hydrogen) atoms. The molecular weight excluding hydrogens is 594 g/mol. The Labute approximate surface area is 266 Å². The van der Waals surface area contributed by atoms with E-state index in [4.69, 9.17) is 14.2 Å². The summed E-state index contributed by atoms with van der Waals surface area (Å²) in [7, 11) is 0.171. The molecule has 0 saturated heterocycles. The van der Waals surface area contributed by atoms with Crippen LogP contribution in [0.3, 0.4) is 0 Å². The van der Waals surface area contributed by atoms with Crippen LogP contribution in [0.25, 0.3) is 0 Å². The zero-order valence-corrected chi connectivity index (χ0v) is 27.4. The number of carbonyl (C=O) groups excluding carboxylic acids is 2. The molecule has 3 aromatic carbocycles. The Balaban J connectivity index is 1.75. The number of anilines is 1. The summed E-state index contributed by atoms with van der Waals surface area (Å²) in [6.45, 7) is 2.99. The number of ether oxygens (including phenoxy) is 3. The number of carbonyl (C=O) groups is 2. The number of nitrogens with zero attached hydrogens (tertiary/aromatic N) is 2. The molecule has 0 radical (unpaired) electrons. The van der Waals surface area contributed by atoms with Gasteiger partial charge in [-0.1, -0.05) is 49.1 Å². The largest absolute Gasteiger partial charge is 0.497 e. The van der Waals surface area contributed by atoms with Gasteiger partial charge in [0, 0.05) is 18.7 Å². The maximum atomic E-state index is 14.3. The molecule has 10 nitrogen and oxygen atoms in total. The van der Waals surface area contributed by atoms with Crippen LogP contribution in [0.1, 0.15) is 50.2 Å².